The Hall–Kier alpha value is -8.26. The molecule has 0 aliphatic carbocycles. The molecule has 0 atom stereocenters. The van der Waals surface area contributed by atoms with E-state index in [2.05, 4.69) is 184 Å². The zero-order valence-corrected chi connectivity index (χ0v) is 34.5. The van der Waals surface area contributed by atoms with Crippen molar-refractivity contribution in [2.75, 3.05) is 0 Å². The highest BCUT2D eigenvalue weighted by atomic mass is 32.1. The fourth-order valence-electron chi connectivity index (χ4n) is 9.36. The minimum atomic E-state index is 0.678. The number of benzene rings is 7. The molecule has 6 nitrogen and oxygen atoms in total. The van der Waals surface area contributed by atoms with Crippen LogP contribution in [0.2, 0.25) is 0 Å². The molecular formula is C56H34N6S. The molecule has 7 aromatic carbocycles. The molecular weight excluding hydrogens is 789 g/mol. The fourth-order valence-corrected chi connectivity index (χ4v) is 10.4. The highest BCUT2D eigenvalue weighted by Gasteiger charge is 2.19. The number of nitrogens with zero attached hydrogens (tertiary/aromatic N) is 6. The molecule has 0 radical (unpaired) electrons. The third-order valence-electron chi connectivity index (χ3n) is 12.3. The van der Waals surface area contributed by atoms with E-state index in [1.807, 2.05) is 36.8 Å². The van der Waals surface area contributed by atoms with Gasteiger partial charge in [-0.25, -0.2) is 15.0 Å². The van der Waals surface area contributed by atoms with E-state index >= 15 is 0 Å². The third kappa shape index (κ3) is 5.78. The Morgan fingerprint density at radius 1 is 0.349 bits per heavy atom. The molecule has 13 rings (SSSR count). The molecule has 0 spiro atoms. The van der Waals surface area contributed by atoms with Crippen molar-refractivity contribution in [2.24, 2.45) is 0 Å². The SMILES string of the molecule is c1ccc(-c2cc(-n3c4ccccc4c4cc(-c5ccnc(-c6ccc7c8ccccc8n(-c8ccc9sc%10ccncc%10c9c8)c7c6)n5)ccc43)cc(-c3ccccc3)n2)cc1. The first-order valence-corrected chi connectivity index (χ1v) is 21.8. The predicted octanol–water partition coefficient (Wildman–Crippen LogP) is 14.5. The summed E-state index contributed by atoms with van der Waals surface area (Å²) in [6.07, 6.45) is 5.72. The molecule has 0 N–H and O–H groups in total. The van der Waals surface area contributed by atoms with E-state index < -0.39 is 0 Å². The maximum absolute atomic E-state index is 5.25. The summed E-state index contributed by atoms with van der Waals surface area (Å²) in [6.45, 7) is 0. The molecule has 0 aliphatic rings. The second kappa shape index (κ2) is 14.2. The predicted molar refractivity (Wildman–Crippen MR) is 261 cm³/mol. The van der Waals surface area contributed by atoms with Crippen LogP contribution in [-0.2, 0) is 0 Å². The Morgan fingerprint density at radius 3 is 1.75 bits per heavy atom. The first-order valence-electron chi connectivity index (χ1n) is 21.0. The molecule has 0 fully saturated rings. The van der Waals surface area contributed by atoms with Gasteiger partial charge in [0.25, 0.3) is 0 Å². The standard InChI is InChI=1S/C56H34N6S/c1-3-11-35(12-4-1)48-32-40(33-49(59-48)36-13-5-2-6-14-36)62-51-18-10-8-16-42(51)44-29-37(20-23-52(44)62)47-25-28-58-56(60-47)38-19-22-43-41-15-7-9-17-50(41)61(53(43)30-38)39-21-24-54-45(31-39)46-34-57-27-26-55(46)63-54/h1-34H. The summed E-state index contributed by atoms with van der Waals surface area (Å²) in [5.74, 6) is 0.678. The Kier molecular flexibility index (Phi) is 7.98. The van der Waals surface area contributed by atoms with Crippen LogP contribution in [0.1, 0.15) is 0 Å². The summed E-state index contributed by atoms with van der Waals surface area (Å²) in [5.41, 5.74) is 13.5. The number of aromatic nitrogens is 6. The van der Waals surface area contributed by atoms with Gasteiger partial charge in [-0.1, -0.05) is 115 Å². The van der Waals surface area contributed by atoms with E-state index in [1.54, 1.807) is 11.3 Å². The summed E-state index contributed by atoms with van der Waals surface area (Å²) in [7, 11) is 0. The number of pyridine rings is 2. The lowest BCUT2D eigenvalue weighted by atomic mass is 10.1. The van der Waals surface area contributed by atoms with Crippen molar-refractivity contribution in [1.82, 2.24) is 29.1 Å². The van der Waals surface area contributed by atoms with Crippen molar-refractivity contribution in [3.8, 4) is 56.5 Å². The van der Waals surface area contributed by atoms with E-state index in [-0.39, 0.29) is 0 Å². The molecule has 0 saturated carbocycles. The van der Waals surface area contributed by atoms with Gasteiger partial charge in [0.15, 0.2) is 5.82 Å². The van der Waals surface area contributed by atoms with Crippen LogP contribution in [0, 0.1) is 0 Å². The molecule has 13 aromatic rings. The number of fused-ring (bicyclic) bond motifs is 9. The first-order chi connectivity index (χ1) is 31.2. The van der Waals surface area contributed by atoms with E-state index in [0.717, 1.165) is 78.2 Å². The maximum atomic E-state index is 5.25. The van der Waals surface area contributed by atoms with Gasteiger partial charge in [-0.15, -0.1) is 11.3 Å². The Labute approximate surface area is 365 Å². The van der Waals surface area contributed by atoms with Crippen LogP contribution in [0.25, 0.3) is 120 Å². The molecule has 7 heteroatoms. The van der Waals surface area contributed by atoms with Crippen LogP contribution in [0.15, 0.2) is 207 Å². The van der Waals surface area contributed by atoms with Crippen molar-refractivity contribution in [2.45, 2.75) is 0 Å². The number of hydrogen-bond donors (Lipinski definition) is 0. The Bertz CT molecular complexity index is 3860. The third-order valence-corrected chi connectivity index (χ3v) is 13.4. The lowest BCUT2D eigenvalue weighted by Crippen LogP contribution is -1.98. The van der Waals surface area contributed by atoms with Gasteiger partial charge >= 0.3 is 0 Å². The zero-order chi connectivity index (χ0) is 41.4. The minimum Gasteiger partial charge on any atom is -0.309 e. The van der Waals surface area contributed by atoms with Gasteiger partial charge in [-0.2, -0.15) is 0 Å². The average Bonchev–Trinajstić information content (AvgIpc) is 4.01. The number of rotatable bonds is 6. The van der Waals surface area contributed by atoms with Crippen LogP contribution < -0.4 is 0 Å². The second-order valence-corrected chi connectivity index (χ2v) is 17.0. The number of para-hydroxylation sites is 2. The maximum Gasteiger partial charge on any atom is 0.159 e. The van der Waals surface area contributed by atoms with Gasteiger partial charge in [0.05, 0.1) is 44.8 Å². The highest BCUT2D eigenvalue weighted by molar-refractivity contribution is 7.25. The average molecular weight is 823 g/mol. The van der Waals surface area contributed by atoms with Gasteiger partial charge < -0.3 is 9.13 Å². The first kappa shape index (κ1) is 35.5. The monoisotopic (exact) mass is 822 g/mol. The summed E-state index contributed by atoms with van der Waals surface area (Å²) in [4.78, 5) is 19.7. The molecule has 0 unspecified atom stereocenters. The van der Waals surface area contributed by atoms with Crippen molar-refractivity contribution in [3.63, 3.8) is 0 Å². The lowest BCUT2D eigenvalue weighted by Gasteiger charge is -2.13. The normalized spacial score (nSPS) is 11.8. The Balaban J connectivity index is 0.937. The molecule has 0 aliphatic heterocycles. The van der Waals surface area contributed by atoms with Crippen LogP contribution in [0.4, 0.5) is 0 Å². The highest BCUT2D eigenvalue weighted by Crippen LogP contribution is 2.40. The van der Waals surface area contributed by atoms with Gasteiger partial charge in [0, 0.05) is 88.2 Å². The molecule has 6 aromatic heterocycles. The van der Waals surface area contributed by atoms with Crippen LogP contribution >= 0.6 is 11.3 Å². The number of thiophene rings is 1. The molecule has 0 saturated heterocycles. The van der Waals surface area contributed by atoms with Crippen LogP contribution in [0.3, 0.4) is 0 Å². The largest absolute Gasteiger partial charge is 0.309 e. The molecule has 294 valence electrons. The van der Waals surface area contributed by atoms with E-state index in [4.69, 9.17) is 15.0 Å². The molecule has 63 heavy (non-hydrogen) atoms. The topological polar surface area (TPSA) is 61.4 Å². The molecule has 0 amide bonds. The van der Waals surface area contributed by atoms with Gasteiger partial charge in [-0.3, -0.25) is 4.98 Å². The van der Waals surface area contributed by atoms with Gasteiger partial charge in [0.2, 0.25) is 0 Å². The van der Waals surface area contributed by atoms with Crippen molar-refractivity contribution in [3.05, 3.63) is 207 Å². The van der Waals surface area contributed by atoms with Crippen molar-refractivity contribution < 1.29 is 0 Å². The summed E-state index contributed by atoms with van der Waals surface area (Å²) in [5, 5.41) is 7.11. The summed E-state index contributed by atoms with van der Waals surface area (Å²) in [6, 6.07) is 66.7. The van der Waals surface area contributed by atoms with Crippen LogP contribution in [-0.4, -0.2) is 29.1 Å². The smallest absolute Gasteiger partial charge is 0.159 e. The van der Waals surface area contributed by atoms with E-state index in [0.29, 0.717) is 5.82 Å². The Morgan fingerprint density at radius 2 is 0.984 bits per heavy atom. The van der Waals surface area contributed by atoms with Crippen LogP contribution in [0.5, 0.6) is 0 Å². The lowest BCUT2D eigenvalue weighted by molar-refractivity contribution is 1.16. The summed E-state index contributed by atoms with van der Waals surface area (Å²) >= 11 is 1.80. The molecule has 0 bridgehead atoms. The van der Waals surface area contributed by atoms with Crippen molar-refractivity contribution >= 4 is 75.1 Å². The van der Waals surface area contributed by atoms with E-state index in [9.17, 15) is 0 Å². The van der Waals surface area contributed by atoms with Gasteiger partial charge in [0.1, 0.15) is 0 Å². The van der Waals surface area contributed by atoms with E-state index in [1.165, 1.54) is 36.3 Å². The fraction of sp³-hybridized carbons (Fsp3) is 0. The quantitative estimate of drug-likeness (QED) is 0.168. The summed E-state index contributed by atoms with van der Waals surface area (Å²) < 4.78 is 7.23. The van der Waals surface area contributed by atoms with Gasteiger partial charge in [-0.05, 0) is 72.8 Å². The number of hydrogen-bond acceptors (Lipinski definition) is 5. The minimum absolute atomic E-state index is 0.678. The van der Waals surface area contributed by atoms with Crippen molar-refractivity contribution in [1.29, 1.82) is 0 Å². The zero-order valence-electron chi connectivity index (χ0n) is 33.7. The molecule has 6 heterocycles. The second-order valence-electron chi connectivity index (χ2n) is 15.9.